The smallest absolute Gasteiger partial charge is 0.368 e. The lowest BCUT2D eigenvalue weighted by molar-refractivity contribution is -0.137. The Hall–Kier alpha value is -1.56. The molecule has 0 saturated heterocycles. The highest BCUT2D eigenvalue weighted by Gasteiger charge is 2.30. The van der Waals surface area contributed by atoms with Crippen LogP contribution in [0.5, 0.6) is 0 Å². The summed E-state index contributed by atoms with van der Waals surface area (Å²) >= 11 is 0. The van der Waals surface area contributed by atoms with Crippen molar-refractivity contribution in [3.63, 3.8) is 0 Å². The lowest BCUT2D eigenvalue weighted by Gasteiger charge is -2.10. The van der Waals surface area contributed by atoms with Crippen molar-refractivity contribution in [2.75, 3.05) is 0 Å². The second-order valence-electron chi connectivity index (χ2n) is 3.00. The zero-order valence-corrected chi connectivity index (χ0v) is 7.58. The minimum absolute atomic E-state index is 0.260. The van der Waals surface area contributed by atoms with Crippen LogP contribution >= 0.6 is 0 Å². The Bertz CT molecular complexity index is 359. The summed E-state index contributed by atoms with van der Waals surface area (Å²) in [6.07, 6.45) is -4.39. The van der Waals surface area contributed by atoms with E-state index >= 15 is 0 Å². The van der Waals surface area contributed by atoms with Crippen molar-refractivity contribution in [1.82, 2.24) is 0 Å². The highest BCUT2D eigenvalue weighted by atomic mass is 19.4. The van der Waals surface area contributed by atoms with Crippen LogP contribution in [0.3, 0.4) is 0 Å². The molecule has 0 radical (unpaired) electrons. The van der Waals surface area contributed by atoms with E-state index in [-0.39, 0.29) is 5.56 Å². The third-order valence-electron chi connectivity index (χ3n) is 1.90. The van der Waals surface area contributed by atoms with Gasteiger partial charge in [0, 0.05) is 0 Å². The van der Waals surface area contributed by atoms with E-state index in [0.29, 0.717) is 0 Å². The topological polar surface area (TPSA) is 69.1 Å². The van der Waals surface area contributed by atoms with E-state index in [2.05, 4.69) is 0 Å². The molecular formula is C9H9F3N2O. The predicted molar refractivity (Wildman–Crippen MR) is 47.6 cm³/mol. The minimum Gasteiger partial charge on any atom is -0.368 e. The highest BCUT2D eigenvalue weighted by Crippen LogP contribution is 2.29. The van der Waals surface area contributed by atoms with Crippen LogP contribution in [0.1, 0.15) is 17.2 Å². The Morgan fingerprint density at radius 1 is 1.20 bits per heavy atom. The van der Waals surface area contributed by atoms with Gasteiger partial charge in [0.15, 0.2) is 0 Å². The zero-order chi connectivity index (χ0) is 11.6. The van der Waals surface area contributed by atoms with Gasteiger partial charge in [0.25, 0.3) is 0 Å². The summed E-state index contributed by atoms with van der Waals surface area (Å²) in [4.78, 5) is 10.7. The monoisotopic (exact) mass is 218 g/mol. The van der Waals surface area contributed by atoms with E-state index in [1.807, 2.05) is 0 Å². The first-order chi connectivity index (χ1) is 6.82. The van der Waals surface area contributed by atoms with E-state index in [0.717, 1.165) is 24.3 Å². The number of carbonyl (C=O) groups excluding carboxylic acids is 1. The molecule has 0 fully saturated rings. The molecule has 82 valence electrons. The Morgan fingerprint density at radius 2 is 1.67 bits per heavy atom. The van der Waals surface area contributed by atoms with Gasteiger partial charge in [0.05, 0.1) is 5.56 Å². The van der Waals surface area contributed by atoms with E-state index < -0.39 is 23.7 Å². The number of hydrogen-bond acceptors (Lipinski definition) is 2. The van der Waals surface area contributed by atoms with Gasteiger partial charge in [0.2, 0.25) is 5.91 Å². The second-order valence-corrected chi connectivity index (χ2v) is 3.00. The average molecular weight is 218 g/mol. The maximum Gasteiger partial charge on any atom is 0.416 e. The third kappa shape index (κ3) is 2.69. The fourth-order valence-corrected chi connectivity index (χ4v) is 1.04. The Kier molecular flexibility index (Phi) is 2.99. The molecule has 3 nitrogen and oxygen atoms in total. The number of alkyl halides is 3. The van der Waals surface area contributed by atoms with Crippen LogP contribution in [-0.4, -0.2) is 5.91 Å². The summed E-state index contributed by atoms with van der Waals surface area (Å²) in [6.45, 7) is 0. The molecule has 0 heterocycles. The van der Waals surface area contributed by atoms with Gasteiger partial charge in [-0.05, 0) is 17.7 Å². The molecule has 1 atom stereocenters. The van der Waals surface area contributed by atoms with Crippen molar-refractivity contribution >= 4 is 5.91 Å². The molecule has 1 aromatic carbocycles. The zero-order valence-electron chi connectivity index (χ0n) is 7.58. The number of hydrogen-bond donors (Lipinski definition) is 2. The molecule has 1 rings (SSSR count). The first kappa shape index (κ1) is 11.5. The quantitative estimate of drug-likeness (QED) is 0.782. The molecular weight excluding hydrogens is 209 g/mol. The Labute approximate surface area is 83.9 Å². The predicted octanol–water partition coefficient (Wildman–Crippen LogP) is 1.19. The number of amides is 1. The van der Waals surface area contributed by atoms with Crippen molar-refractivity contribution in [2.45, 2.75) is 12.2 Å². The molecule has 1 aromatic rings. The largest absolute Gasteiger partial charge is 0.416 e. The van der Waals surface area contributed by atoms with Crippen molar-refractivity contribution < 1.29 is 18.0 Å². The first-order valence-corrected chi connectivity index (χ1v) is 4.04. The van der Waals surface area contributed by atoms with Gasteiger partial charge in [-0.2, -0.15) is 13.2 Å². The molecule has 0 aliphatic heterocycles. The van der Waals surface area contributed by atoms with E-state index in [1.54, 1.807) is 0 Å². The number of primary amides is 1. The fraction of sp³-hybridized carbons (Fsp3) is 0.222. The fourth-order valence-electron chi connectivity index (χ4n) is 1.04. The highest BCUT2D eigenvalue weighted by molar-refractivity contribution is 5.81. The molecule has 4 N–H and O–H groups in total. The van der Waals surface area contributed by atoms with Crippen LogP contribution in [0.2, 0.25) is 0 Å². The first-order valence-electron chi connectivity index (χ1n) is 4.04. The number of nitrogens with two attached hydrogens (primary N) is 2. The summed E-state index contributed by atoms with van der Waals surface area (Å²) in [5, 5.41) is 0. The molecule has 0 spiro atoms. The van der Waals surface area contributed by atoms with Gasteiger partial charge in [-0.3, -0.25) is 4.79 Å². The molecule has 15 heavy (non-hydrogen) atoms. The second kappa shape index (κ2) is 3.90. The number of benzene rings is 1. The maximum atomic E-state index is 12.2. The maximum absolute atomic E-state index is 12.2. The Morgan fingerprint density at radius 3 is 2.00 bits per heavy atom. The molecule has 0 unspecified atom stereocenters. The van der Waals surface area contributed by atoms with Crippen LogP contribution in [0.4, 0.5) is 13.2 Å². The van der Waals surface area contributed by atoms with E-state index in [4.69, 9.17) is 11.5 Å². The van der Waals surface area contributed by atoms with Crippen LogP contribution in [-0.2, 0) is 11.0 Å². The van der Waals surface area contributed by atoms with E-state index in [9.17, 15) is 18.0 Å². The van der Waals surface area contributed by atoms with Gasteiger partial charge in [-0.15, -0.1) is 0 Å². The SMILES string of the molecule is NC(=O)[C@H](N)c1ccc(C(F)(F)F)cc1. The summed E-state index contributed by atoms with van der Waals surface area (Å²) in [6, 6.07) is 2.92. The van der Waals surface area contributed by atoms with Crippen LogP contribution < -0.4 is 11.5 Å². The van der Waals surface area contributed by atoms with Crippen molar-refractivity contribution in [1.29, 1.82) is 0 Å². The molecule has 6 heteroatoms. The summed E-state index contributed by atoms with van der Waals surface area (Å²) < 4.78 is 36.5. The van der Waals surface area contributed by atoms with Gasteiger partial charge in [-0.25, -0.2) is 0 Å². The molecule has 0 aliphatic carbocycles. The van der Waals surface area contributed by atoms with Crippen LogP contribution in [0.25, 0.3) is 0 Å². The van der Waals surface area contributed by atoms with Gasteiger partial charge in [0.1, 0.15) is 6.04 Å². The molecule has 1 amide bonds. The molecule has 0 aromatic heterocycles. The Balaban J connectivity index is 2.95. The average Bonchev–Trinajstić information content (AvgIpc) is 2.15. The minimum atomic E-state index is -4.39. The van der Waals surface area contributed by atoms with Crippen molar-refractivity contribution in [2.24, 2.45) is 11.5 Å². The van der Waals surface area contributed by atoms with Gasteiger partial charge >= 0.3 is 6.18 Å². The lowest BCUT2D eigenvalue weighted by atomic mass is 10.1. The number of rotatable bonds is 2. The summed E-state index contributed by atoms with van der Waals surface area (Å²) in [5.74, 6) is -0.783. The van der Waals surface area contributed by atoms with E-state index in [1.165, 1.54) is 0 Å². The number of carbonyl (C=O) groups is 1. The molecule has 0 saturated carbocycles. The van der Waals surface area contributed by atoms with Crippen LogP contribution in [0, 0.1) is 0 Å². The van der Waals surface area contributed by atoms with Gasteiger partial charge < -0.3 is 11.5 Å². The number of halogens is 3. The third-order valence-corrected chi connectivity index (χ3v) is 1.90. The lowest BCUT2D eigenvalue weighted by Crippen LogP contribution is -2.28. The van der Waals surface area contributed by atoms with Crippen molar-refractivity contribution in [3.05, 3.63) is 35.4 Å². The summed E-state index contributed by atoms with van der Waals surface area (Å²) in [5.41, 5.74) is 9.72. The summed E-state index contributed by atoms with van der Waals surface area (Å²) in [7, 11) is 0. The normalized spacial score (nSPS) is 13.6. The van der Waals surface area contributed by atoms with Crippen LogP contribution in [0.15, 0.2) is 24.3 Å². The standard InChI is InChI=1S/C9H9F3N2O/c10-9(11,12)6-3-1-5(2-4-6)7(13)8(14)15/h1-4,7H,13H2,(H2,14,15)/t7-/m1/s1. The molecule has 0 aliphatic rings. The molecule has 0 bridgehead atoms. The van der Waals surface area contributed by atoms with Crippen molar-refractivity contribution in [3.8, 4) is 0 Å². The van der Waals surface area contributed by atoms with Gasteiger partial charge in [-0.1, -0.05) is 12.1 Å².